The number of aliphatic hydroxyl groups excluding tert-OH is 1. The van der Waals surface area contributed by atoms with Gasteiger partial charge in [-0.1, -0.05) is 36.4 Å². The number of ether oxygens (including phenoxy) is 1. The van der Waals surface area contributed by atoms with Gasteiger partial charge in [0.15, 0.2) is 0 Å². The third-order valence-corrected chi connectivity index (χ3v) is 3.93. The monoisotopic (exact) mass is 327 g/mol. The van der Waals surface area contributed by atoms with Crippen LogP contribution in [0, 0.1) is 0 Å². The highest BCUT2D eigenvalue weighted by Gasteiger charge is 2.27. The first-order valence-corrected chi connectivity index (χ1v) is 7.60. The van der Waals surface area contributed by atoms with Gasteiger partial charge < -0.3 is 19.5 Å². The van der Waals surface area contributed by atoms with Crippen molar-refractivity contribution in [2.75, 3.05) is 13.2 Å². The van der Waals surface area contributed by atoms with Gasteiger partial charge in [-0.05, 0) is 12.1 Å². The van der Waals surface area contributed by atoms with Crippen molar-refractivity contribution in [1.82, 2.24) is 4.57 Å². The molecule has 0 amide bonds. The Morgan fingerprint density at radius 3 is 2.04 bits per heavy atom. The molecule has 1 aromatic heterocycles. The van der Waals surface area contributed by atoms with Crippen molar-refractivity contribution in [3.63, 3.8) is 0 Å². The lowest BCUT2D eigenvalue weighted by Gasteiger charge is -2.16. The molecule has 2 aromatic carbocycles. The van der Waals surface area contributed by atoms with Gasteiger partial charge in [-0.15, -0.1) is 0 Å². The first-order chi connectivity index (χ1) is 11.6. The van der Waals surface area contributed by atoms with Gasteiger partial charge in [-0.3, -0.25) is 4.79 Å². The van der Waals surface area contributed by atoms with Crippen molar-refractivity contribution in [1.29, 1.82) is 0 Å². The minimum absolute atomic E-state index is 0.141. The molecule has 6 heteroatoms. The number of para-hydroxylation sites is 2. The van der Waals surface area contributed by atoms with E-state index >= 15 is 0 Å². The molecule has 0 aliphatic carbocycles. The SMILES string of the molecule is O=C(CC(C(=O)O)n1c2ccccc2c2ccccc21)OCCO. The molecule has 0 radical (unpaired) electrons. The molecule has 0 aliphatic rings. The Kier molecular flexibility index (Phi) is 4.48. The molecule has 1 atom stereocenters. The number of hydrogen-bond donors (Lipinski definition) is 2. The number of aliphatic carboxylic acids is 1. The smallest absolute Gasteiger partial charge is 0.327 e. The lowest BCUT2D eigenvalue weighted by atomic mass is 10.2. The average Bonchev–Trinajstić information content (AvgIpc) is 2.92. The molecule has 1 heterocycles. The van der Waals surface area contributed by atoms with Crippen LogP contribution >= 0.6 is 0 Å². The van der Waals surface area contributed by atoms with E-state index in [9.17, 15) is 14.7 Å². The second kappa shape index (κ2) is 6.72. The number of benzene rings is 2. The summed E-state index contributed by atoms with van der Waals surface area (Å²) in [6.07, 6.45) is -0.308. The first-order valence-electron chi connectivity index (χ1n) is 7.60. The molecule has 0 fully saturated rings. The van der Waals surface area contributed by atoms with Gasteiger partial charge in [0.1, 0.15) is 12.6 Å². The standard InChI is InChI=1S/C18H17NO5/c20-9-10-24-17(21)11-16(18(22)23)19-14-7-3-1-5-12(14)13-6-2-4-8-15(13)19/h1-8,16,20H,9-11H2,(H,22,23). The van der Waals surface area contributed by atoms with Crippen LogP contribution in [0.3, 0.4) is 0 Å². The van der Waals surface area contributed by atoms with Crippen molar-refractivity contribution < 1.29 is 24.5 Å². The Morgan fingerprint density at radius 1 is 1.00 bits per heavy atom. The number of carboxylic acid groups (broad SMARTS) is 1. The molecular formula is C18H17NO5. The lowest BCUT2D eigenvalue weighted by Crippen LogP contribution is -2.23. The highest BCUT2D eigenvalue weighted by atomic mass is 16.5. The molecule has 3 rings (SSSR count). The van der Waals surface area contributed by atoms with E-state index in [1.54, 1.807) is 4.57 Å². The number of aromatic nitrogens is 1. The minimum Gasteiger partial charge on any atom is -0.480 e. The summed E-state index contributed by atoms with van der Waals surface area (Å²) in [7, 11) is 0. The third kappa shape index (κ3) is 2.83. The van der Waals surface area contributed by atoms with Gasteiger partial charge in [-0.2, -0.15) is 0 Å². The summed E-state index contributed by atoms with van der Waals surface area (Å²) >= 11 is 0. The van der Waals surface area contributed by atoms with Crippen LogP contribution in [-0.4, -0.2) is 39.9 Å². The number of rotatable bonds is 6. The number of hydrogen-bond acceptors (Lipinski definition) is 4. The molecule has 1 unspecified atom stereocenters. The fraction of sp³-hybridized carbons (Fsp3) is 0.222. The number of carbonyl (C=O) groups excluding carboxylic acids is 1. The van der Waals surface area contributed by atoms with Crippen LogP contribution in [0.25, 0.3) is 21.8 Å². The topological polar surface area (TPSA) is 88.8 Å². The van der Waals surface area contributed by atoms with E-state index in [0.717, 1.165) is 21.8 Å². The number of carbonyl (C=O) groups is 2. The average molecular weight is 327 g/mol. The molecule has 3 aromatic rings. The summed E-state index contributed by atoms with van der Waals surface area (Å²) in [5.74, 6) is -1.76. The largest absolute Gasteiger partial charge is 0.480 e. The normalized spacial score (nSPS) is 12.4. The van der Waals surface area contributed by atoms with E-state index in [-0.39, 0.29) is 19.6 Å². The van der Waals surface area contributed by atoms with E-state index in [1.165, 1.54) is 0 Å². The highest BCUT2D eigenvalue weighted by molar-refractivity contribution is 6.08. The van der Waals surface area contributed by atoms with Crippen molar-refractivity contribution in [3.05, 3.63) is 48.5 Å². The van der Waals surface area contributed by atoms with Gasteiger partial charge in [0, 0.05) is 21.8 Å². The number of fused-ring (bicyclic) bond motifs is 3. The molecule has 2 N–H and O–H groups in total. The molecule has 0 spiro atoms. The molecule has 0 aliphatic heterocycles. The quantitative estimate of drug-likeness (QED) is 0.678. The fourth-order valence-corrected chi connectivity index (χ4v) is 2.95. The maximum atomic E-state index is 11.9. The maximum absolute atomic E-state index is 11.9. The minimum atomic E-state index is -1.11. The van der Waals surface area contributed by atoms with E-state index in [0.29, 0.717) is 0 Å². The van der Waals surface area contributed by atoms with Crippen LogP contribution in [-0.2, 0) is 14.3 Å². The lowest BCUT2D eigenvalue weighted by molar-refractivity contribution is -0.151. The van der Waals surface area contributed by atoms with Gasteiger partial charge in [-0.25, -0.2) is 4.79 Å². The molecule has 0 saturated heterocycles. The van der Waals surface area contributed by atoms with Crippen LogP contribution in [0.5, 0.6) is 0 Å². The first kappa shape index (κ1) is 16.0. The maximum Gasteiger partial charge on any atom is 0.327 e. The van der Waals surface area contributed by atoms with Gasteiger partial charge in [0.05, 0.1) is 13.0 Å². The van der Waals surface area contributed by atoms with Gasteiger partial charge in [0.2, 0.25) is 0 Å². The van der Waals surface area contributed by atoms with Crippen molar-refractivity contribution in [2.45, 2.75) is 12.5 Å². The fourth-order valence-electron chi connectivity index (χ4n) is 2.95. The number of esters is 1. The highest BCUT2D eigenvalue weighted by Crippen LogP contribution is 2.32. The Balaban J connectivity index is 2.13. The van der Waals surface area contributed by atoms with Crippen LogP contribution < -0.4 is 0 Å². The van der Waals surface area contributed by atoms with E-state index in [2.05, 4.69) is 0 Å². The number of nitrogens with zero attached hydrogens (tertiary/aromatic N) is 1. The Morgan fingerprint density at radius 2 is 1.54 bits per heavy atom. The Labute approximate surface area is 137 Å². The number of carboxylic acids is 1. The van der Waals surface area contributed by atoms with Gasteiger partial charge >= 0.3 is 11.9 Å². The van der Waals surface area contributed by atoms with Crippen molar-refractivity contribution in [3.8, 4) is 0 Å². The zero-order valence-corrected chi connectivity index (χ0v) is 12.9. The zero-order valence-electron chi connectivity index (χ0n) is 12.9. The molecule has 0 bridgehead atoms. The number of aliphatic hydroxyl groups is 1. The Hall–Kier alpha value is -2.86. The summed E-state index contributed by atoms with van der Waals surface area (Å²) in [6, 6.07) is 13.9. The van der Waals surface area contributed by atoms with Gasteiger partial charge in [0.25, 0.3) is 0 Å². The summed E-state index contributed by atoms with van der Waals surface area (Å²) < 4.78 is 6.49. The van der Waals surface area contributed by atoms with Crippen LogP contribution in [0.1, 0.15) is 12.5 Å². The van der Waals surface area contributed by atoms with Crippen LogP contribution in [0.2, 0.25) is 0 Å². The second-order valence-electron chi connectivity index (χ2n) is 5.41. The van der Waals surface area contributed by atoms with Crippen LogP contribution in [0.15, 0.2) is 48.5 Å². The second-order valence-corrected chi connectivity index (χ2v) is 5.41. The van der Waals surface area contributed by atoms with Crippen molar-refractivity contribution >= 4 is 33.7 Å². The molecule has 24 heavy (non-hydrogen) atoms. The van der Waals surface area contributed by atoms with E-state index in [1.807, 2.05) is 48.5 Å². The third-order valence-electron chi connectivity index (χ3n) is 3.93. The molecular weight excluding hydrogens is 310 g/mol. The predicted octanol–water partition coefficient (Wildman–Crippen LogP) is 2.35. The van der Waals surface area contributed by atoms with E-state index < -0.39 is 18.0 Å². The Bertz CT molecular complexity index is 845. The summed E-state index contributed by atoms with van der Waals surface area (Å²) in [5.41, 5.74) is 1.50. The predicted molar refractivity (Wildman–Crippen MR) is 88.8 cm³/mol. The van der Waals surface area contributed by atoms with E-state index in [4.69, 9.17) is 9.84 Å². The zero-order chi connectivity index (χ0) is 17.1. The molecule has 124 valence electrons. The molecule has 6 nitrogen and oxygen atoms in total. The summed E-state index contributed by atoms with van der Waals surface area (Å²) in [4.78, 5) is 23.7. The molecule has 0 saturated carbocycles. The summed E-state index contributed by atoms with van der Waals surface area (Å²) in [6.45, 7) is -0.433. The van der Waals surface area contributed by atoms with Crippen LogP contribution in [0.4, 0.5) is 0 Å². The van der Waals surface area contributed by atoms with Crippen molar-refractivity contribution in [2.24, 2.45) is 0 Å². The summed E-state index contributed by atoms with van der Waals surface area (Å²) in [5, 5.41) is 20.3.